The summed E-state index contributed by atoms with van der Waals surface area (Å²) in [5.41, 5.74) is 2.02. The van der Waals surface area contributed by atoms with E-state index >= 15 is 0 Å². The van der Waals surface area contributed by atoms with Crippen molar-refractivity contribution in [2.75, 3.05) is 13.1 Å². The standard InChI is InChI=1S/C23H25N3O3/c1-16(17-8-3-2-4-9-17)14-24-20(27)15-26-21(28)23(25-22(26)29)13-7-11-18-10-5-6-12-19(18)23/h2-6,8-10,12,16H,7,11,13-15H2,1H3,(H,24,27)(H,25,29). The molecular formula is C23H25N3O3. The number of hydrogen-bond acceptors (Lipinski definition) is 3. The van der Waals surface area contributed by atoms with Gasteiger partial charge in [-0.05, 0) is 41.9 Å². The van der Waals surface area contributed by atoms with Crippen molar-refractivity contribution in [2.45, 2.75) is 37.6 Å². The van der Waals surface area contributed by atoms with Crippen LogP contribution in [-0.4, -0.2) is 35.8 Å². The minimum absolute atomic E-state index is 0.139. The maximum Gasteiger partial charge on any atom is 0.325 e. The second-order valence-electron chi connectivity index (χ2n) is 7.85. The van der Waals surface area contributed by atoms with E-state index in [-0.39, 0.29) is 24.3 Å². The van der Waals surface area contributed by atoms with Gasteiger partial charge in [-0.1, -0.05) is 61.5 Å². The monoisotopic (exact) mass is 391 g/mol. The highest BCUT2D eigenvalue weighted by Gasteiger charge is 2.54. The van der Waals surface area contributed by atoms with Crippen LogP contribution < -0.4 is 10.6 Å². The van der Waals surface area contributed by atoms with E-state index in [0.717, 1.165) is 34.4 Å². The second-order valence-corrected chi connectivity index (χ2v) is 7.85. The van der Waals surface area contributed by atoms with E-state index in [0.29, 0.717) is 13.0 Å². The van der Waals surface area contributed by atoms with Crippen LogP contribution in [0.4, 0.5) is 4.79 Å². The molecule has 1 spiro atoms. The Kier molecular flexibility index (Phi) is 5.09. The van der Waals surface area contributed by atoms with E-state index in [4.69, 9.17) is 0 Å². The van der Waals surface area contributed by atoms with E-state index in [1.165, 1.54) is 0 Å². The van der Waals surface area contributed by atoms with Crippen LogP contribution in [0.15, 0.2) is 54.6 Å². The molecule has 0 saturated carbocycles. The van der Waals surface area contributed by atoms with Crippen molar-refractivity contribution >= 4 is 17.8 Å². The molecule has 6 heteroatoms. The summed E-state index contributed by atoms with van der Waals surface area (Å²) in [6.45, 7) is 2.20. The van der Waals surface area contributed by atoms with Gasteiger partial charge in [0.1, 0.15) is 12.1 Å². The zero-order valence-electron chi connectivity index (χ0n) is 16.5. The van der Waals surface area contributed by atoms with Crippen molar-refractivity contribution < 1.29 is 14.4 Å². The lowest BCUT2D eigenvalue weighted by Crippen LogP contribution is -2.47. The number of aryl methyl sites for hydroxylation is 1. The van der Waals surface area contributed by atoms with Gasteiger partial charge in [0.15, 0.2) is 0 Å². The summed E-state index contributed by atoms with van der Waals surface area (Å²) in [6.07, 6.45) is 2.26. The number of rotatable bonds is 5. The fourth-order valence-corrected chi connectivity index (χ4v) is 4.32. The molecule has 1 heterocycles. The van der Waals surface area contributed by atoms with E-state index in [9.17, 15) is 14.4 Å². The van der Waals surface area contributed by atoms with Gasteiger partial charge in [-0.2, -0.15) is 0 Å². The van der Waals surface area contributed by atoms with Crippen LogP contribution >= 0.6 is 0 Å². The first-order valence-electron chi connectivity index (χ1n) is 10.1. The Morgan fingerprint density at radius 3 is 2.66 bits per heavy atom. The fraction of sp³-hybridized carbons (Fsp3) is 0.348. The maximum absolute atomic E-state index is 13.2. The van der Waals surface area contributed by atoms with Crippen LogP contribution in [0.25, 0.3) is 0 Å². The SMILES string of the molecule is CC(CNC(=O)CN1C(=O)NC2(CCCc3ccccc32)C1=O)c1ccccc1. The molecule has 4 amide bonds. The van der Waals surface area contributed by atoms with E-state index in [1.807, 2.05) is 61.5 Å². The molecule has 0 radical (unpaired) electrons. The van der Waals surface area contributed by atoms with Gasteiger partial charge in [0.05, 0.1) is 0 Å². The van der Waals surface area contributed by atoms with Crippen molar-refractivity contribution in [2.24, 2.45) is 0 Å². The largest absolute Gasteiger partial charge is 0.354 e. The van der Waals surface area contributed by atoms with Crippen LogP contribution in [-0.2, 0) is 21.5 Å². The Labute approximate surface area is 170 Å². The Morgan fingerprint density at radius 1 is 1.14 bits per heavy atom. The Bertz CT molecular complexity index is 943. The Morgan fingerprint density at radius 2 is 1.86 bits per heavy atom. The molecule has 2 N–H and O–H groups in total. The Balaban J connectivity index is 1.43. The van der Waals surface area contributed by atoms with Gasteiger partial charge in [0, 0.05) is 6.54 Å². The summed E-state index contributed by atoms with van der Waals surface area (Å²) >= 11 is 0. The number of nitrogens with one attached hydrogen (secondary N) is 2. The Hall–Kier alpha value is -3.15. The number of carbonyl (C=O) groups excluding carboxylic acids is 3. The predicted molar refractivity (Wildman–Crippen MR) is 109 cm³/mol. The number of nitrogens with zero attached hydrogens (tertiary/aromatic N) is 1. The highest BCUT2D eigenvalue weighted by atomic mass is 16.2. The quantitative estimate of drug-likeness (QED) is 0.770. The van der Waals surface area contributed by atoms with Gasteiger partial charge in [0.2, 0.25) is 5.91 Å². The van der Waals surface area contributed by atoms with Crippen LogP contribution in [0.5, 0.6) is 0 Å². The maximum atomic E-state index is 13.2. The first kappa shape index (κ1) is 19.2. The molecule has 2 aromatic rings. The molecule has 1 fully saturated rings. The van der Waals surface area contributed by atoms with Gasteiger partial charge >= 0.3 is 6.03 Å². The highest BCUT2D eigenvalue weighted by molar-refractivity contribution is 6.09. The molecule has 150 valence electrons. The first-order valence-corrected chi connectivity index (χ1v) is 10.1. The summed E-state index contributed by atoms with van der Waals surface area (Å²) in [4.78, 5) is 39.3. The average Bonchev–Trinajstić information content (AvgIpc) is 2.97. The molecule has 2 atom stereocenters. The summed E-state index contributed by atoms with van der Waals surface area (Å²) in [6, 6.07) is 17.1. The zero-order chi connectivity index (χ0) is 20.4. The molecule has 0 aromatic heterocycles. The highest BCUT2D eigenvalue weighted by Crippen LogP contribution is 2.39. The van der Waals surface area contributed by atoms with Crippen LogP contribution in [0.2, 0.25) is 0 Å². The third-order valence-corrected chi connectivity index (χ3v) is 5.93. The topological polar surface area (TPSA) is 78.5 Å². The molecule has 2 aliphatic rings. The molecule has 6 nitrogen and oxygen atoms in total. The number of imide groups is 1. The lowest BCUT2D eigenvalue weighted by atomic mass is 9.76. The van der Waals surface area contributed by atoms with Crippen molar-refractivity contribution in [3.63, 3.8) is 0 Å². The van der Waals surface area contributed by atoms with Crippen LogP contribution in [0.3, 0.4) is 0 Å². The van der Waals surface area contributed by atoms with Gasteiger partial charge in [0.25, 0.3) is 5.91 Å². The van der Waals surface area contributed by atoms with Crippen LogP contribution in [0, 0.1) is 0 Å². The van der Waals surface area contributed by atoms with Crippen molar-refractivity contribution in [1.82, 2.24) is 15.5 Å². The van der Waals surface area contributed by atoms with Crippen molar-refractivity contribution in [3.8, 4) is 0 Å². The lowest BCUT2D eigenvalue weighted by molar-refractivity contribution is -0.135. The summed E-state index contributed by atoms with van der Waals surface area (Å²) in [7, 11) is 0. The number of carbonyl (C=O) groups is 3. The number of benzene rings is 2. The number of fused-ring (bicyclic) bond motifs is 2. The molecule has 29 heavy (non-hydrogen) atoms. The molecule has 1 aliphatic carbocycles. The number of hydrogen-bond donors (Lipinski definition) is 2. The normalized spacial score (nSPS) is 21.6. The summed E-state index contributed by atoms with van der Waals surface area (Å²) in [5, 5.41) is 5.73. The van der Waals surface area contributed by atoms with Crippen molar-refractivity contribution in [3.05, 3.63) is 71.3 Å². The molecule has 1 saturated heterocycles. The summed E-state index contributed by atoms with van der Waals surface area (Å²) < 4.78 is 0. The average molecular weight is 391 g/mol. The summed E-state index contributed by atoms with van der Waals surface area (Å²) in [5.74, 6) is -0.529. The molecule has 2 unspecified atom stereocenters. The fourth-order valence-electron chi connectivity index (χ4n) is 4.32. The molecular weight excluding hydrogens is 366 g/mol. The molecule has 2 aromatic carbocycles. The lowest BCUT2D eigenvalue weighted by Gasteiger charge is -2.33. The van der Waals surface area contributed by atoms with E-state index in [2.05, 4.69) is 10.6 Å². The number of amides is 4. The van der Waals surface area contributed by atoms with E-state index in [1.54, 1.807) is 0 Å². The molecule has 1 aliphatic heterocycles. The third-order valence-electron chi connectivity index (χ3n) is 5.93. The molecule has 4 rings (SSSR count). The minimum Gasteiger partial charge on any atom is -0.354 e. The first-order chi connectivity index (χ1) is 14.0. The van der Waals surface area contributed by atoms with E-state index < -0.39 is 11.6 Å². The van der Waals surface area contributed by atoms with Gasteiger partial charge in [-0.25, -0.2) is 4.79 Å². The third kappa shape index (κ3) is 3.50. The number of urea groups is 1. The second kappa shape index (κ2) is 7.70. The van der Waals surface area contributed by atoms with Gasteiger partial charge in [-0.15, -0.1) is 0 Å². The predicted octanol–water partition coefficient (Wildman–Crippen LogP) is 2.69. The molecule has 0 bridgehead atoms. The van der Waals surface area contributed by atoms with Gasteiger partial charge in [-0.3, -0.25) is 14.5 Å². The zero-order valence-corrected chi connectivity index (χ0v) is 16.5. The van der Waals surface area contributed by atoms with Crippen molar-refractivity contribution in [1.29, 1.82) is 0 Å². The smallest absolute Gasteiger partial charge is 0.325 e. The minimum atomic E-state index is -1.04. The van der Waals surface area contributed by atoms with Crippen LogP contribution in [0.1, 0.15) is 42.4 Å². The van der Waals surface area contributed by atoms with Gasteiger partial charge < -0.3 is 10.6 Å².